The Hall–Kier alpha value is -1.89. The lowest BCUT2D eigenvalue weighted by atomic mass is 10.2. The van der Waals surface area contributed by atoms with Crippen LogP contribution in [0.15, 0.2) is 16.2 Å². The first-order chi connectivity index (χ1) is 8.57. The quantitative estimate of drug-likeness (QED) is 0.680. The summed E-state index contributed by atoms with van der Waals surface area (Å²) in [4.78, 5) is 23.1. The Labute approximate surface area is 107 Å². The highest BCUT2D eigenvalue weighted by molar-refractivity contribution is 7.16. The third-order valence-electron chi connectivity index (χ3n) is 2.80. The Bertz CT molecular complexity index is 659. The molecule has 0 radical (unpaired) electrons. The summed E-state index contributed by atoms with van der Waals surface area (Å²) in [6, 6.07) is 1.71. The van der Waals surface area contributed by atoms with Gasteiger partial charge in [-0.1, -0.05) is 13.3 Å². The first kappa shape index (κ1) is 12.6. The third-order valence-corrected chi connectivity index (χ3v) is 3.74. The molecule has 2 heterocycles. The van der Waals surface area contributed by atoms with Crippen LogP contribution in [0, 0.1) is 10.1 Å². The van der Waals surface area contributed by atoms with Gasteiger partial charge in [-0.25, -0.2) is 0 Å². The average molecular weight is 267 g/mol. The van der Waals surface area contributed by atoms with E-state index in [-0.39, 0.29) is 5.69 Å². The molecule has 6 nitrogen and oxygen atoms in total. The van der Waals surface area contributed by atoms with Gasteiger partial charge in [-0.05, 0) is 17.9 Å². The Kier molecular flexibility index (Phi) is 3.33. The highest BCUT2D eigenvalue weighted by Crippen LogP contribution is 2.30. The van der Waals surface area contributed by atoms with E-state index in [4.69, 9.17) is 5.73 Å². The number of hydrogen-bond acceptors (Lipinski definition) is 5. The molecular weight excluding hydrogens is 254 g/mol. The molecule has 2 aromatic heterocycles. The number of pyridine rings is 1. The van der Waals surface area contributed by atoms with E-state index in [2.05, 4.69) is 0 Å². The molecule has 2 rings (SSSR count). The van der Waals surface area contributed by atoms with Crippen molar-refractivity contribution in [1.29, 1.82) is 0 Å². The van der Waals surface area contributed by atoms with Crippen LogP contribution < -0.4 is 11.3 Å². The van der Waals surface area contributed by atoms with Crippen molar-refractivity contribution in [2.45, 2.75) is 26.3 Å². The first-order valence-corrected chi connectivity index (χ1v) is 6.49. The Morgan fingerprint density at radius 3 is 2.89 bits per heavy atom. The van der Waals surface area contributed by atoms with Crippen molar-refractivity contribution in [3.8, 4) is 0 Å². The zero-order chi connectivity index (χ0) is 13.3. The molecule has 2 N–H and O–H groups in total. The SMILES string of the molecule is CCCCn1c(=O)c([N+](=O)[O-])c(N)c2ccsc21. The number of anilines is 1. The number of thiophene rings is 1. The predicted octanol–water partition coefficient (Wildman–Crippen LogP) is 2.35. The van der Waals surface area contributed by atoms with Gasteiger partial charge < -0.3 is 5.73 Å². The zero-order valence-electron chi connectivity index (χ0n) is 9.88. The molecule has 96 valence electrons. The van der Waals surface area contributed by atoms with Gasteiger partial charge in [0.1, 0.15) is 10.5 Å². The Morgan fingerprint density at radius 2 is 2.28 bits per heavy atom. The van der Waals surface area contributed by atoms with Crippen molar-refractivity contribution in [3.63, 3.8) is 0 Å². The van der Waals surface area contributed by atoms with Crippen LogP contribution in [-0.4, -0.2) is 9.49 Å². The minimum Gasteiger partial charge on any atom is -0.392 e. The van der Waals surface area contributed by atoms with Crippen molar-refractivity contribution in [2.75, 3.05) is 5.73 Å². The molecule has 0 saturated heterocycles. The maximum Gasteiger partial charge on any atom is 0.357 e. The summed E-state index contributed by atoms with van der Waals surface area (Å²) in [6.45, 7) is 2.48. The minimum atomic E-state index is -0.697. The topological polar surface area (TPSA) is 91.2 Å². The van der Waals surface area contributed by atoms with E-state index in [0.29, 0.717) is 16.8 Å². The summed E-state index contributed by atoms with van der Waals surface area (Å²) in [6.07, 6.45) is 1.71. The largest absolute Gasteiger partial charge is 0.392 e. The van der Waals surface area contributed by atoms with Crippen molar-refractivity contribution in [3.05, 3.63) is 31.9 Å². The van der Waals surface area contributed by atoms with E-state index in [1.54, 1.807) is 11.4 Å². The molecule has 0 saturated carbocycles. The number of nitro groups is 1. The molecule has 0 aliphatic heterocycles. The van der Waals surface area contributed by atoms with Gasteiger partial charge in [-0.2, -0.15) is 0 Å². The van der Waals surface area contributed by atoms with Crippen LogP contribution in [0.5, 0.6) is 0 Å². The van der Waals surface area contributed by atoms with Crippen LogP contribution in [0.2, 0.25) is 0 Å². The average Bonchev–Trinajstić information content (AvgIpc) is 2.77. The van der Waals surface area contributed by atoms with Crippen LogP contribution in [0.1, 0.15) is 19.8 Å². The fourth-order valence-electron chi connectivity index (χ4n) is 1.87. The number of aromatic nitrogens is 1. The van der Waals surface area contributed by atoms with Gasteiger partial charge >= 0.3 is 11.2 Å². The number of unbranched alkanes of at least 4 members (excludes halogenated alkanes) is 1. The summed E-state index contributed by atoms with van der Waals surface area (Å²) >= 11 is 1.37. The molecule has 2 aromatic rings. The monoisotopic (exact) mass is 267 g/mol. The van der Waals surface area contributed by atoms with Crippen LogP contribution in [-0.2, 0) is 6.54 Å². The highest BCUT2D eigenvalue weighted by Gasteiger charge is 2.24. The second-order valence-electron chi connectivity index (χ2n) is 3.97. The lowest BCUT2D eigenvalue weighted by molar-refractivity contribution is -0.385. The fourth-order valence-corrected chi connectivity index (χ4v) is 2.81. The molecule has 0 amide bonds. The molecule has 0 atom stereocenters. The number of nitrogens with zero attached hydrogens (tertiary/aromatic N) is 2. The number of fused-ring (bicyclic) bond motifs is 1. The number of aryl methyl sites for hydroxylation is 1. The van der Waals surface area contributed by atoms with Crippen molar-refractivity contribution < 1.29 is 4.92 Å². The van der Waals surface area contributed by atoms with Gasteiger partial charge in [0, 0.05) is 11.9 Å². The lowest BCUT2D eigenvalue weighted by Crippen LogP contribution is -2.24. The first-order valence-electron chi connectivity index (χ1n) is 5.61. The van der Waals surface area contributed by atoms with Gasteiger partial charge in [-0.15, -0.1) is 11.3 Å². The Morgan fingerprint density at radius 1 is 1.56 bits per heavy atom. The normalized spacial score (nSPS) is 10.9. The van der Waals surface area contributed by atoms with Gasteiger partial charge in [0.15, 0.2) is 0 Å². The van der Waals surface area contributed by atoms with Crippen molar-refractivity contribution in [2.24, 2.45) is 0 Å². The third kappa shape index (κ3) is 1.86. The van der Waals surface area contributed by atoms with Gasteiger partial charge in [0.2, 0.25) is 0 Å². The zero-order valence-corrected chi connectivity index (χ0v) is 10.7. The summed E-state index contributed by atoms with van der Waals surface area (Å²) in [5, 5.41) is 13.3. The maximum absolute atomic E-state index is 12.1. The molecule has 0 aliphatic carbocycles. The van der Waals surface area contributed by atoms with Crippen molar-refractivity contribution in [1.82, 2.24) is 4.57 Å². The summed E-state index contributed by atoms with van der Waals surface area (Å²) in [5.74, 6) is 0. The van der Waals surface area contributed by atoms with Gasteiger partial charge in [0.05, 0.1) is 4.92 Å². The van der Waals surface area contributed by atoms with Crippen LogP contribution in [0.3, 0.4) is 0 Å². The second kappa shape index (κ2) is 4.77. The second-order valence-corrected chi connectivity index (χ2v) is 4.86. The number of hydrogen-bond donors (Lipinski definition) is 1. The summed E-state index contributed by atoms with van der Waals surface area (Å²) < 4.78 is 1.46. The molecular formula is C11H13N3O3S. The molecule has 0 spiro atoms. The standard InChI is InChI=1S/C11H13N3O3S/c1-2-3-5-13-10(15)9(14(16)17)8(12)7-4-6-18-11(7)13/h4,6H,2-3,5,12H2,1H3. The number of nitrogens with two attached hydrogens (primary N) is 1. The van der Waals surface area contributed by atoms with Crippen LogP contribution in [0.25, 0.3) is 10.2 Å². The molecule has 0 aliphatic rings. The Balaban J connectivity index is 2.78. The van der Waals surface area contributed by atoms with E-state index in [9.17, 15) is 14.9 Å². The fraction of sp³-hybridized carbons (Fsp3) is 0.364. The van der Waals surface area contributed by atoms with E-state index in [1.165, 1.54) is 15.9 Å². The van der Waals surface area contributed by atoms with Gasteiger partial charge in [-0.3, -0.25) is 19.5 Å². The summed E-state index contributed by atoms with van der Waals surface area (Å²) in [7, 11) is 0. The molecule has 0 fully saturated rings. The molecule has 0 aromatic carbocycles. The van der Waals surface area contributed by atoms with E-state index in [1.807, 2.05) is 6.92 Å². The lowest BCUT2D eigenvalue weighted by Gasteiger charge is -2.08. The molecule has 0 bridgehead atoms. The van der Waals surface area contributed by atoms with Crippen molar-refractivity contribution >= 4 is 32.9 Å². The number of nitrogen functional groups attached to an aromatic ring is 1. The minimum absolute atomic E-state index is 0.0333. The smallest absolute Gasteiger partial charge is 0.357 e. The molecule has 7 heteroatoms. The highest BCUT2D eigenvalue weighted by atomic mass is 32.1. The van der Waals surface area contributed by atoms with E-state index >= 15 is 0 Å². The van der Waals surface area contributed by atoms with Gasteiger partial charge in [0.25, 0.3) is 0 Å². The van der Waals surface area contributed by atoms with E-state index < -0.39 is 16.2 Å². The van der Waals surface area contributed by atoms with Crippen LogP contribution >= 0.6 is 11.3 Å². The predicted molar refractivity (Wildman–Crippen MR) is 72.1 cm³/mol. The molecule has 0 unspecified atom stereocenters. The number of rotatable bonds is 4. The maximum atomic E-state index is 12.1. The summed E-state index contributed by atoms with van der Waals surface area (Å²) in [5.41, 5.74) is 4.55. The molecule has 18 heavy (non-hydrogen) atoms. The van der Waals surface area contributed by atoms with E-state index in [0.717, 1.165) is 12.8 Å². The van der Waals surface area contributed by atoms with Crippen LogP contribution in [0.4, 0.5) is 11.4 Å².